The number of nitrogens with zero attached hydrogens (tertiary/aromatic N) is 3. The zero-order valence-corrected chi connectivity index (χ0v) is 19.3. The molecular formula is C22H25ClN4O4S. The van der Waals surface area contributed by atoms with Crippen LogP contribution in [-0.2, 0) is 19.6 Å². The van der Waals surface area contributed by atoms with Gasteiger partial charge < -0.3 is 10.1 Å². The van der Waals surface area contributed by atoms with Crippen LogP contribution in [-0.4, -0.2) is 70.0 Å². The molecular weight excluding hydrogens is 452 g/mol. The summed E-state index contributed by atoms with van der Waals surface area (Å²) < 4.78 is 31.9. The largest absolute Gasteiger partial charge is 0.379 e. The normalized spacial score (nSPS) is 15.8. The monoisotopic (exact) mass is 476 g/mol. The third kappa shape index (κ3) is 6.06. The number of hydrogen-bond acceptors (Lipinski definition) is 6. The molecule has 0 spiro atoms. The van der Waals surface area contributed by atoms with E-state index in [1.165, 1.54) is 31.3 Å². The third-order valence-corrected chi connectivity index (χ3v) is 7.36. The van der Waals surface area contributed by atoms with Crippen LogP contribution in [0.5, 0.6) is 0 Å². The lowest BCUT2D eigenvalue weighted by atomic mass is 10.0. The highest BCUT2D eigenvalue weighted by atomic mass is 35.5. The summed E-state index contributed by atoms with van der Waals surface area (Å²) in [5, 5.41) is 12.4. The lowest BCUT2D eigenvalue weighted by Gasteiger charge is -2.35. The molecule has 8 nitrogen and oxygen atoms in total. The Morgan fingerprint density at radius 3 is 2.41 bits per heavy atom. The average molecular weight is 477 g/mol. The summed E-state index contributed by atoms with van der Waals surface area (Å²) in [7, 11) is -2.50. The zero-order valence-electron chi connectivity index (χ0n) is 17.7. The second-order valence-corrected chi connectivity index (χ2v) is 9.90. The maximum Gasteiger partial charge on any atom is 0.243 e. The van der Waals surface area contributed by atoms with Gasteiger partial charge in [0, 0.05) is 31.7 Å². The molecule has 170 valence electrons. The molecule has 1 fully saturated rings. The number of rotatable bonds is 8. The van der Waals surface area contributed by atoms with Crippen molar-refractivity contribution in [1.29, 1.82) is 5.26 Å². The summed E-state index contributed by atoms with van der Waals surface area (Å²) in [6, 6.07) is 14.9. The molecule has 1 aliphatic heterocycles. The number of hydrogen-bond donors (Lipinski definition) is 1. The van der Waals surface area contributed by atoms with Crippen molar-refractivity contribution in [2.75, 3.05) is 46.4 Å². The maximum absolute atomic E-state index is 12.7. The SMILES string of the molecule is CN(CC(=O)NCC(c1ccc(Cl)cc1)N1CCOCC1)S(=O)(=O)c1ccc(C#N)cc1. The molecule has 1 atom stereocenters. The first-order chi connectivity index (χ1) is 15.3. The van der Waals surface area contributed by atoms with E-state index in [2.05, 4.69) is 10.2 Å². The van der Waals surface area contributed by atoms with Gasteiger partial charge >= 0.3 is 0 Å². The van der Waals surface area contributed by atoms with Crippen molar-refractivity contribution in [3.8, 4) is 6.07 Å². The molecule has 10 heteroatoms. The summed E-state index contributed by atoms with van der Waals surface area (Å²) in [5.74, 6) is -0.406. The van der Waals surface area contributed by atoms with Gasteiger partial charge in [-0.3, -0.25) is 9.69 Å². The molecule has 0 aromatic heterocycles. The summed E-state index contributed by atoms with van der Waals surface area (Å²) in [6.07, 6.45) is 0. The maximum atomic E-state index is 12.7. The third-order valence-electron chi connectivity index (χ3n) is 5.29. The van der Waals surface area contributed by atoms with Gasteiger partial charge in [-0.15, -0.1) is 0 Å². The van der Waals surface area contributed by atoms with E-state index in [0.717, 1.165) is 23.0 Å². The molecule has 2 aromatic carbocycles. The van der Waals surface area contributed by atoms with Crippen LogP contribution in [0.15, 0.2) is 53.4 Å². The molecule has 32 heavy (non-hydrogen) atoms. The van der Waals surface area contributed by atoms with Gasteiger partial charge in [0.2, 0.25) is 15.9 Å². The fourth-order valence-corrected chi connectivity index (χ4v) is 4.72. The minimum atomic E-state index is -3.85. The van der Waals surface area contributed by atoms with Gasteiger partial charge in [-0.2, -0.15) is 9.57 Å². The van der Waals surface area contributed by atoms with Crippen LogP contribution < -0.4 is 5.32 Å². The highest BCUT2D eigenvalue weighted by molar-refractivity contribution is 7.89. The molecule has 1 unspecified atom stereocenters. The Hall–Kier alpha value is -2.48. The van der Waals surface area contributed by atoms with Gasteiger partial charge in [-0.1, -0.05) is 23.7 Å². The number of nitrogens with one attached hydrogen (secondary N) is 1. The summed E-state index contributed by atoms with van der Waals surface area (Å²) >= 11 is 6.02. The lowest BCUT2D eigenvalue weighted by molar-refractivity contribution is -0.121. The van der Waals surface area contributed by atoms with E-state index in [1.807, 2.05) is 30.3 Å². The summed E-state index contributed by atoms with van der Waals surface area (Å²) in [6.45, 7) is 2.70. The first kappa shape index (κ1) is 24.2. The van der Waals surface area contributed by atoms with Crippen molar-refractivity contribution in [3.63, 3.8) is 0 Å². The van der Waals surface area contributed by atoms with Crippen LogP contribution in [0, 0.1) is 11.3 Å². The fourth-order valence-electron chi connectivity index (χ4n) is 3.47. The Bertz CT molecular complexity index is 1060. The number of amides is 1. The number of sulfonamides is 1. The van der Waals surface area contributed by atoms with E-state index >= 15 is 0 Å². The second kappa shape index (κ2) is 10.9. The average Bonchev–Trinajstić information content (AvgIpc) is 2.81. The van der Waals surface area contributed by atoms with Crippen LogP contribution in [0.2, 0.25) is 5.02 Å². The molecule has 0 radical (unpaired) electrons. The predicted octanol–water partition coefficient (Wildman–Crippen LogP) is 2.02. The Morgan fingerprint density at radius 2 is 1.81 bits per heavy atom. The zero-order chi connectivity index (χ0) is 23.1. The molecule has 1 saturated heterocycles. The van der Waals surface area contributed by atoms with Crippen LogP contribution >= 0.6 is 11.6 Å². The molecule has 2 aromatic rings. The molecule has 1 N–H and O–H groups in total. The fraction of sp³-hybridized carbons (Fsp3) is 0.364. The van der Waals surface area contributed by atoms with Crippen LogP contribution in [0.1, 0.15) is 17.2 Å². The Kier molecular flexibility index (Phi) is 8.23. The van der Waals surface area contributed by atoms with Gasteiger partial charge in [0.1, 0.15) is 0 Å². The highest BCUT2D eigenvalue weighted by Crippen LogP contribution is 2.23. The minimum Gasteiger partial charge on any atom is -0.379 e. The van der Waals surface area contributed by atoms with Crippen molar-refractivity contribution in [2.45, 2.75) is 10.9 Å². The molecule has 0 aliphatic carbocycles. The van der Waals surface area contributed by atoms with Crippen LogP contribution in [0.3, 0.4) is 0 Å². The Labute approximate surface area is 193 Å². The van der Waals surface area contributed by atoms with E-state index in [-0.39, 0.29) is 17.5 Å². The van der Waals surface area contributed by atoms with Gasteiger partial charge in [-0.05, 0) is 42.0 Å². The van der Waals surface area contributed by atoms with Crippen molar-refractivity contribution in [1.82, 2.24) is 14.5 Å². The smallest absolute Gasteiger partial charge is 0.243 e. The van der Waals surface area contributed by atoms with E-state index in [1.54, 1.807) is 0 Å². The van der Waals surface area contributed by atoms with Crippen molar-refractivity contribution in [2.24, 2.45) is 0 Å². The van der Waals surface area contributed by atoms with Crippen molar-refractivity contribution in [3.05, 3.63) is 64.7 Å². The summed E-state index contributed by atoms with van der Waals surface area (Å²) in [4.78, 5) is 14.8. The number of likely N-dealkylation sites (N-methyl/N-ethyl adjacent to an activating group) is 1. The number of ether oxygens (including phenoxy) is 1. The van der Waals surface area contributed by atoms with Gasteiger partial charge in [0.05, 0.1) is 42.3 Å². The Morgan fingerprint density at radius 1 is 1.19 bits per heavy atom. The van der Waals surface area contributed by atoms with Crippen molar-refractivity contribution >= 4 is 27.5 Å². The molecule has 1 heterocycles. The number of nitriles is 1. The van der Waals surface area contributed by atoms with Gasteiger partial charge in [0.25, 0.3) is 0 Å². The summed E-state index contributed by atoms with van der Waals surface area (Å²) in [5.41, 5.74) is 1.37. The molecule has 0 bridgehead atoms. The molecule has 1 amide bonds. The number of carbonyl (C=O) groups excluding carboxylic acids is 1. The minimum absolute atomic E-state index is 0.0270. The molecule has 1 aliphatic rings. The quantitative estimate of drug-likeness (QED) is 0.625. The number of benzene rings is 2. The first-order valence-electron chi connectivity index (χ1n) is 10.1. The van der Waals surface area contributed by atoms with E-state index in [9.17, 15) is 13.2 Å². The lowest BCUT2D eigenvalue weighted by Crippen LogP contribution is -2.45. The van der Waals surface area contributed by atoms with E-state index in [0.29, 0.717) is 30.3 Å². The number of halogens is 1. The van der Waals surface area contributed by atoms with E-state index in [4.69, 9.17) is 21.6 Å². The van der Waals surface area contributed by atoms with Crippen molar-refractivity contribution < 1.29 is 17.9 Å². The first-order valence-corrected chi connectivity index (χ1v) is 11.9. The Balaban J connectivity index is 1.64. The number of carbonyl (C=O) groups is 1. The predicted molar refractivity (Wildman–Crippen MR) is 121 cm³/mol. The van der Waals surface area contributed by atoms with Crippen LogP contribution in [0.4, 0.5) is 0 Å². The van der Waals surface area contributed by atoms with Gasteiger partial charge in [0.15, 0.2) is 0 Å². The second-order valence-electron chi connectivity index (χ2n) is 7.42. The standard InChI is InChI=1S/C22H25ClN4O4S/c1-26(32(29,30)20-8-2-17(14-24)3-9-20)16-22(28)25-15-21(27-10-12-31-13-11-27)18-4-6-19(23)7-5-18/h2-9,21H,10-13,15-16H2,1H3,(H,25,28). The van der Waals surface area contributed by atoms with E-state index < -0.39 is 15.9 Å². The highest BCUT2D eigenvalue weighted by Gasteiger charge is 2.26. The van der Waals surface area contributed by atoms with Gasteiger partial charge in [-0.25, -0.2) is 8.42 Å². The molecule has 3 rings (SSSR count). The topological polar surface area (TPSA) is 103 Å². The number of morpholine rings is 1. The molecule has 0 saturated carbocycles. The van der Waals surface area contributed by atoms with Crippen LogP contribution in [0.25, 0.3) is 0 Å².